The number of hydrogen-bond acceptors (Lipinski definition) is 3. The molecule has 20 heavy (non-hydrogen) atoms. The van der Waals surface area contributed by atoms with Gasteiger partial charge in [0.25, 0.3) is 15.0 Å². The highest BCUT2D eigenvalue weighted by molar-refractivity contribution is 8.13. The maximum absolute atomic E-state index is 13.8. The molecule has 7 heteroatoms. The van der Waals surface area contributed by atoms with Crippen molar-refractivity contribution in [2.45, 2.75) is 31.1 Å². The van der Waals surface area contributed by atoms with Gasteiger partial charge in [0.2, 0.25) is 0 Å². The third kappa shape index (κ3) is 3.30. The molecule has 0 saturated heterocycles. The van der Waals surface area contributed by atoms with Crippen LogP contribution in [0.1, 0.15) is 36.5 Å². The van der Waals surface area contributed by atoms with Crippen molar-refractivity contribution in [3.8, 4) is 0 Å². The van der Waals surface area contributed by atoms with Gasteiger partial charge in [0.15, 0.2) is 0 Å². The van der Waals surface area contributed by atoms with Crippen molar-refractivity contribution in [3.05, 3.63) is 29.6 Å². The highest BCUT2D eigenvalue weighted by atomic mass is 35.7. The van der Waals surface area contributed by atoms with Crippen LogP contribution in [0.5, 0.6) is 0 Å². The van der Waals surface area contributed by atoms with Crippen molar-refractivity contribution in [2.75, 3.05) is 6.54 Å². The fraction of sp³-hybridized carbons (Fsp3) is 0.462. The molecule has 1 N–H and O–H groups in total. The smallest absolute Gasteiger partial charge is 0.261 e. The van der Waals surface area contributed by atoms with Gasteiger partial charge in [-0.3, -0.25) is 4.79 Å². The molecule has 0 aromatic heterocycles. The van der Waals surface area contributed by atoms with Crippen LogP contribution >= 0.6 is 10.7 Å². The number of carbonyl (C=O) groups is 1. The second-order valence-corrected chi connectivity index (χ2v) is 7.99. The lowest BCUT2D eigenvalue weighted by Crippen LogP contribution is -2.40. The van der Waals surface area contributed by atoms with E-state index in [1.165, 1.54) is 0 Å². The van der Waals surface area contributed by atoms with Crippen molar-refractivity contribution >= 4 is 25.6 Å². The van der Waals surface area contributed by atoms with E-state index >= 15 is 0 Å². The summed E-state index contributed by atoms with van der Waals surface area (Å²) in [5, 5.41) is 2.68. The fourth-order valence-corrected chi connectivity index (χ4v) is 2.94. The van der Waals surface area contributed by atoms with Crippen molar-refractivity contribution in [3.63, 3.8) is 0 Å². The van der Waals surface area contributed by atoms with Crippen molar-refractivity contribution in [1.82, 2.24) is 5.32 Å². The molecule has 4 nitrogen and oxygen atoms in total. The molecule has 0 atom stereocenters. The first-order valence-electron chi connectivity index (χ1n) is 6.24. The monoisotopic (exact) mass is 319 g/mol. The van der Waals surface area contributed by atoms with Gasteiger partial charge in [0, 0.05) is 17.2 Å². The summed E-state index contributed by atoms with van der Waals surface area (Å²) in [6.07, 6.45) is 3.22. The first-order chi connectivity index (χ1) is 9.21. The normalized spacial score (nSPS) is 17.4. The maximum atomic E-state index is 13.8. The molecule has 1 aromatic rings. The highest BCUT2D eigenvalue weighted by Gasteiger charge is 2.32. The quantitative estimate of drug-likeness (QED) is 0.868. The minimum Gasteiger partial charge on any atom is -0.351 e. The Morgan fingerprint density at radius 3 is 2.55 bits per heavy atom. The van der Waals surface area contributed by atoms with Gasteiger partial charge in [-0.15, -0.1) is 0 Å². The Morgan fingerprint density at radius 2 is 2.10 bits per heavy atom. The van der Waals surface area contributed by atoms with Crippen LogP contribution in [-0.2, 0) is 9.05 Å². The molecular weight excluding hydrogens is 305 g/mol. The average Bonchev–Trinajstić information content (AvgIpc) is 2.32. The SMILES string of the molecule is CC1(CNC(=O)c2ccc(S(=O)(=O)Cl)cc2F)CCC1. The van der Waals surface area contributed by atoms with Gasteiger partial charge in [0.05, 0.1) is 10.5 Å². The Morgan fingerprint density at radius 1 is 1.45 bits per heavy atom. The number of halogens is 2. The number of benzene rings is 1. The number of nitrogens with one attached hydrogen (secondary N) is 1. The molecule has 0 spiro atoms. The molecule has 0 aliphatic heterocycles. The summed E-state index contributed by atoms with van der Waals surface area (Å²) >= 11 is 0. The van der Waals surface area contributed by atoms with Crippen LogP contribution in [0, 0.1) is 11.2 Å². The second-order valence-electron chi connectivity index (χ2n) is 5.43. The summed E-state index contributed by atoms with van der Waals surface area (Å²) in [6, 6.07) is 3.00. The van der Waals surface area contributed by atoms with E-state index in [0.29, 0.717) is 6.54 Å². The third-order valence-electron chi connectivity index (χ3n) is 3.70. The fourth-order valence-electron chi connectivity index (χ4n) is 2.18. The van der Waals surface area contributed by atoms with Crippen LogP contribution in [0.3, 0.4) is 0 Å². The van der Waals surface area contributed by atoms with Crippen LogP contribution in [0.4, 0.5) is 4.39 Å². The van der Waals surface area contributed by atoms with Gasteiger partial charge in [-0.05, 0) is 36.5 Å². The van der Waals surface area contributed by atoms with E-state index < -0.39 is 20.8 Å². The standard InChI is InChI=1S/C13H15ClFNO3S/c1-13(5-2-6-13)8-16-12(17)10-4-3-9(7-11(10)15)20(14,18)19/h3-4,7H,2,5-6,8H2,1H3,(H,16,17). The van der Waals surface area contributed by atoms with Gasteiger partial charge in [-0.2, -0.15) is 0 Å². The zero-order chi connectivity index (χ0) is 15.0. The first kappa shape index (κ1) is 15.3. The zero-order valence-electron chi connectivity index (χ0n) is 10.9. The summed E-state index contributed by atoms with van der Waals surface area (Å²) in [5.41, 5.74) is -0.0945. The van der Waals surface area contributed by atoms with Crippen LogP contribution in [0.15, 0.2) is 23.1 Å². The van der Waals surface area contributed by atoms with Crippen molar-refractivity contribution < 1.29 is 17.6 Å². The minimum atomic E-state index is -4.00. The molecule has 1 aliphatic carbocycles. The van der Waals surface area contributed by atoms with Crippen LogP contribution in [0.2, 0.25) is 0 Å². The lowest BCUT2D eigenvalue weighted by atomic mass is 9.70. The van der Waals surface area contributed by atoms with Gasteiger partial charge < -0.3 is 5.32 Å². The molecule has 0 unspecified atom stereocenters. The Hall–Kier alpha value is -1.14. The van der Waals surface area contributed by atoms with Crippen LogP contribution < -0.4 is 5.32 Å². The van der Waals surface area contributed by atoms with E-state index in [0.717, 1.165) is 37.5 Å². The highest BCUT2D eigenvalue weighted by Crippen LogP contribution is 2.39. The molecule has 0 bridgehead atoms. The number of hydrogen-bond donors (Lipinski definition) is 1. The maximum Gasteiger partial charge on any atom is 0.261 e. The van der Waals surface area contributed by atoms with E-state index in [9.17, 15) is 17.6 Å². The Balaban J connectivity index is 2.10. The van der Waals surface area contributed by atoms with E-state index in [1.54, 1.807) is 0 Å². The van der Waals surface area contributed by atoms with Gasteiger partial charge in [0.1, 0.15) is 5.82 Å². The minimum absolute atomic E-state index is 0.0888. The summed E-state index contributed by atoms with van der Waals surface area (Å²) < 4.78 is 35.9. The molecule has 110 valence electrons. The molecule has 1 fully saturated rings. The number of rotatable bonds is 4. The topological polar surface area (TPSA) is 63.2 Å². The summed E-state index contributed by atoms with van der Waals surface area (Å²) in [4.78, 5) is 11.5. The zero-order valence-corrected chi connectivity index (χ0v) is 12.5. The molecular formula is C13H15ClFNO3S. The lowest BCUT2D eigenvalue weighted by Gasteiger charge is -2.38. The van der Waals surface area contributed by atoms with Crippen LogP contribution in [-0.4, -0.2) is 20.9 Å². The van der Waals surface area contributed by atoms with Crippen LogP contribution in [0.25, 0.3) is 0 Å². The predicted molar refractivity (Wildman–Crippen MR) is 73.7 cm³/mol. The van der Waals surface area contributed by atoms with Gasteiger partial charge in [-0.1, -0.05) is 13.3 Å². The summed E-state index contributed by atoms with van der Waals surface area (Å²) in [5.74, 6) is -1.45. The lowest BCUT2D eigenvalue weighted by molar-refractivity contribution is 0.0886. The third-order valence-corrected chi connectivity index (χ3v) is 5.05. The second kappa shape index (κ2) is 5.33. The van der Waals surface area contributed by atoms with E-state index in [4.69, 9.17) is 10.7 Å². The predicted octanol–water partition coefficient (Wildman–Crippen LogP) is 2.67. The van der Waals surface area contributed by atoms with Gasteiger partial charge >= 0.3 is 0 Å². The molecule has 1 amide bonds. The first-order valence-corrected chi connectivity index (χ1v) is 8.55. The van der Waals surface area contributed by atoms with Crippen molar-refractivity contribution in [1.29, 1.82) is 0 Å². The summed E-state index contributed by atoms with van der Waals surface area (Å²) in [7, 11) is 1.12. The van der Waals surface area contributed by atoms with E-state index in [1.807, 2.05) is 0 Å². The Kier molecular flexibility index (Phi) is 4.07. The molecule has 2 rings (SSSR count). The van der Waals surface area contributed by atoms with Gasteiger partial charge in [-0.25, -0.2) is 12.8 Å². The Labute approximate surface area is 121 Å². The number of amides is 1. The number of carbonyl (C=O) groups excluding carboxylic acids is 1. The molecule has 0 radical (unpaired) electrons. The van der Waals surface area contributed by atoms with E-state index in [2.05, 4.69) is 12.2 Å². The van der Waals surface area contributed by atoms with Crippen molar-refractivity contribution in [2.24, 2.45) is 5.41 Å². The largest absolute Gasteiger partial charge is 0.351 e. The average molecular weight is 320 g/mol. The Bertz CT molecular complexity index is 641. The molecule has 1 aromatic carbocycles. The van der Waals surface area contributed by atoms with E-state index in [-0.39, 0.29) is 15.9 Å². The molecule has 1 saturated carbocycles. The summed E-state index contributed by atoms with van der Waals surface area (Å²) in [6.45, 7) is 2.55. The molecule has 1 aliphatic rings. The molecule has 0 heterocycles.